The molecule has 0 saturated carbocycles. The van der Waals surface area contributed by atoms with E-state index >= 15 is 0 Å². The molecule has 25 heavy (non-hydrogen) atoms. The third-order valence-electron chi connectivity index (χ3n) is 3.53. The molecule has 0 radical (unpaired) electrons. The Kier molecular flexibility index (Phi) is 4.52. The van der Waals surface area contributed by atoms with E-state index in [1.54, 1.807) is 36.4 Å². The fraction of sp³-hybridized carbons (Fsp3) is 0.0526. The van der Waals surface area contributed by atoms with Gasteiger partial charge in [-0.15, -0.1) is 0 Å². The predicted octanol–water partition coefficient (Wildman–Crippen LogP) is 2.23. The summed E-state index contributed by atoms with van der Waals surface area (Å²) >= 11 is 0. The Bertz CT molecular complexity index is 976. The highest BCUT2D eigenvalue weighted by Gasteiger charge is 2.13. The van der Waals surface area contributed by atoms with Gasteiger partial charge in [0, 0.05) is 24.2 Å². The molecular formula is C19H14N2O4. The van der Waals surface area contributed by atoms with Gasteiger partial charge in [-0.1, -0.05) is 30.3 Å². The van der Waals surface area contributed by atoms with E-state index in [1.807, 2.05) is 6.07 Å². The maximum Gasteiger partial charge on any atom is 0.364 e. The number of aromatic nitrogens is 2. The van der Waals surface area contributed by atoms with E-state index in [9.17, 15) is 14.4 Å². The fourth-order valence-electron chi connectivity index (χ4n) is 2.20. The van der Waals surface area contributed by atoms with Crippen LogP contribution in [0.3, 0.4) is 0 Å². The maximum atomic E-state index is 12.3. The molecule has 6 nitrogen and oxygen atoms in total. The van der Waals surface area contributed by atoms with Gasteiger partial charge in [0.25, 0.3) is 5.56 Å². The van der Waals surface area contributed by atoms with E-state index in [0.717, 1.165) is 4.68 Å². The largest absolute Gasteiger partial charge is 0.422 e. The van der Waals surface area contributed by atoms with Crippen molar-refractivity contribution in [2.24, 2.45) is 7.05 Å². The zero-order valence-corrected chi connectivity index (χ0v) is 13.4. The van der Waals surface area contributed by atoms with Crippen LogP contribution in [-0.4, -0.2) is 21.5 Å². The number of benzene rings is 2. The minimum absolute atomic E-state index is 0.0199. The number of hydrogen-bond donors (Lipinski definition) is 0. The Morgan fingerprint density at radius 3 is 2.16 bits per heavy atom. The average molecular weight is 334 g/mol. The summed E-state index contributed by atoms with van der Waals surface area (Å²) in [5.74, 6) is -0.513. The molecule has 2 aromatic carbocycles. The van der Waals surface area contributed by atoms with Crippen LogP contribution in [0.4, 0.5) is 0 Å². The molecule has 0 bridgehead atoms. The van der Waals surface area contributed by atoms with Crippen molar-refractivity contribution in [3.8, 4) is 5.75 Å². The van der Waals surface area contributed by atoms with Crippen molar-refractivity contribution < 1.29 is 14.3 Å². The van der Waals surface area contributed by atoms with Gasteiger partial charge in [0.2, 0.25) is 0 Å². The number of ketones is 1. The van der Waals surface area contributed by atoms with E-state index in [1.165, 1.54) is 31.3 Å². The molecule has 0 aliphatic heterocycles. The molecule has 124 valence electrons. The van der Waals surface area contributed by atoms with E-state index in [2.05, 4.69) is 5.10 Å². The van der Waals surface area contributed by atoms with Gasteiger partial charge in [-0.25, -0.2) is 9.48 Å². The number of nitrogens with zero attached hydrogens (tertiary/aromatic N) is 2. The lowest BCUT2D eigenvalue weighted by Crippen LogP contribution is -2.22. The van der Waals surface area contributed by atoms with Crippen LogP contribution >= 0.6 is 0 Å². The first-order valence-corrected chi connectivity index (χ1v) is 7.51. The van der Waals surface area contributed by atoms with E-state index in [-0.39, 0.29) is 22.8 Å². The Balaban J connectivity index is 1.74. The molecule has 0 atom stereocenters. The number of esters is 1. The van der Waals surface area contributed by atoms with Crippen LogP contribution in [0, 0.1) is 0 Å². The van der Waals surface area contributed by atoms with Crippen molar-refractivity contribution in [1.29, 1.82) is 0 Å². The van der Waals surface area contributed by atoms with E-state index < -0.39 is 5.97 Å². The summed E-state index contributed by atoms with van der Waals surface area (Å²) in [5, 5.41) is 3.83. The molecule has 1 aromatic heterocycles. The second kappa shape index (κ2) is 6.92. The zero-order valence-electron chi connectivity index (χ0n) is 13.4. The number of aryl methyl sites for hydroxylation is 1. The molecule has 0 fully saturated rings. The minimum atomic E-state index is -0.683. The molecule has 0 aliphatic rings. The first-order valence-electron chi connectivity index (χ1n) is 7.51. The van der Waals surface area contributed by atoms with Gasteiger partial charge in [0.15, 0.2) is 11.5 Å². The first kappa shape index (κ1) is 16.3. The van der Waals surface area contributed by atoms with Crippen LogP contribution < -0.4 is 10.3 Å². The maximum absolute atomic E-state index is 12.3. The lowest BCUT2D eigenvalue weighted by atomic mass is 10.0. The highest BCUT2D eigenvalue weighted by Crippen LogP contribution is 2.16. The molecule has 3 aromatic rings. The van der Waals surface area contributed by atoms with Gasteiger partial charge in [-0.2, -0.15) is 5.10 Å². The Hall–Kier alpha value is -3.54. The SMILES string of the molecule is Cn1nc(C(=O)Oc2ccc(C(=O)c3ccccc3)cc2)ccc1=O. The van der Waals surface area contributed by atoms with Crippen LogP contribution in [0.2, 0.25) is 0 Å². The standard InChI is InChI=1S/C19H14N2O4/c1-21-17(22)12-11-16(20-21)19(24)25-15-9-7-14(8-10-15)18(23)13-5-3-2-4-6-13/h2-12H,1H3. The van der Waals surface area contributed by atoms with Gasteiger partial charge in [-0.05, 0) is 30.3 Å². The third kappa shape index (κ3) is 3.69. The van der Waals surface area contributed by atoms with Crippen molar-refractivity contribution in [2.45, 2.75) is 0 Å². The van der Waals surface area contributed by atoms with Gasteiger partial charge >= 0.3 is 5.97 Å². The van der Waals surface area contributed by atoms with Crippen molar-refractivity contribution in [2.75, 3.05) is 0 Å². The highest BCUT2D eigenvalue weighted by atomic mass is 16.5. The second-order valence-electron chi connectivity index (χ2n) is 5.29. The van der Waals surface area contributed by atoms with E-state index in [0.29, 0.717) is 11.1 Å². The first-order chi connectivity index (χ1) is 12.0. The Morgan fingerprint density at radius 1 is 0.880 bits per heavy atom. The van der Waals surface area contributed by atoms with E-state index in [4.69, 9.17) is 4.74 Å². The van der Waals surface area contributed by atoms with Crippen LogP contribution in [0.25, 0.3) is 0 Å². The Morgan fingerprint density at radius 2 is 1.52 bits per heavy atom. The van der Waals surface area contributed by atoms with Gasteiger partial charge in [0.05, 0.1) is 0 Å². The lowest BCUT2D eigenvalue weighted by Gasteiger charge is -2.06. The van der Waals surface area contributed by atoms with Crippen LogP contribution in [0.1, 0.15) is 26.4 Å². The van der Waals surface area contributed by atoms with Gasteiger partial charge in [0.1, 0.15) is 5.75 Å². The van der Waals surface area contributed by atoms with Crippen molar-refractivity contribution in [3.63, 3.8) is 0 Å². The third-order valence-corrected chi connectivity index (χ3v) is 3.53. The average Bonchev–Trinajstić information content (AvgIpc) is 2.64. The van der Waals surface area contributed by atoms with Crippen LogP contribution in [0.15, 0.2) is 71.5 Å². The van der Waals surface area contributed by atoms with Gasteiger partial charge < -0.3 is 4.74 Å². The van der Waals surface area contributed by atoms with Crippen molar-refractivity contribution in [3.05, 3.63) is 93.9 Å². The lowest BCUT2D eigenvalue weighted by molar-refractivity contribution is 0.0726. The normalized spacial score (nSPS) is 10.3. The Labute approximate surface area is 143 Å². The van der Waals surface area contributed by atoms with Crippen LogP contribution in [0.5, 0.6) is 5.75 Å². The summed E-state index contributed by atoms with van der Waals surface area (Å²) in [4.78, 5) is 35.7. The summed E-state index contributed by atoms with van der Waals surface area (Å²) in [5.41, 5.74) is 0.778. The monoisotopic (exact) mass is 334 g/mol. The molecular weight excluding hydrogens is 320 g/mol. The molecule has 0 saturated heterocycles. The van der Waals surface area contributed by atoms with Crippen molar-refractivity contribution in [1.82, 2.24) is 9.78 Å². The second-order valence-corrected chi connectivity index (χ2v) is 5.29. The smallest absolute Gasteiger partial charge is 0.364 e. The summed E-state index contributed by atoms with van der Waals surface area (Å²) < 4.78 is 6.26. The highest BCUT2D eigenvalue weighted by molar-refractivity contribution is 6.09. The summed E-state index contributed by atoms with van der Waals surface area (Å²) in [6, 6.07) is 17.7. The van der Waals surface area contributed by atoms with Gasteiger partial charge in [-0.3, -0.25) is 9.59 Å². The number of ether oxygens (including phenoxy) is 1. The topological polar surface area (TPSA) is 78.3 Å². The fourth-order valence-corrected chi connectivity index (χ4v) is 2.20. The molecule has 0 N–H and O–H groups in total. The van der Waals surface area contributed by atoms with Crippen molar-refractivity contribution >= 4 is 11.8 Å². The number of rotatable bonds is 4. The minimum Gasteiger partial charge on any atom is -0.422 e. The summed E-state index contributed by atoms with van der Waals surface area (Å²) in [6.45, 7) is 0. The number of carbonyl (C=O) groups is 2. The summed E-state index contributed by atoms with van der Waals surface area (Å²) in [7, 11) is 1.45. The number of carbonyl (C=O) groups excluding carboxylic acids is 2. The summed E-state index contributed by atoms with van der Waals surface area (Å²) in [6.07, 6.45) is 0. The zero-order chi connectivity index (χ0) is 17.8. The quantitative estimate of drug-likeness (QED) is 0.415. The molecule has 0 spiro atoms. The number of hydrogen-bond acceptors (Lipinski definition) is 5. The molecule has 3 rings (SSSR count). The molecule has 0 amide bonds. The molecule has 0 aliphatic carbocycles. The van der Waals surface area contributed by atoms with Crippen LogP contribution in [-0.2, 0) is 7.05 Å². The molecule has 6 heteroatoms. The molecule has 0 unspecified atom stereocenters. The predicted molar refractivity (Wildman–Crippen MR) is 90.8 cm³/mol. The molecule has 1 heterocycles.